The molecule has 86 valence electrons. The Morgan fingerprint density at radius 2 is 2.29 bits per heavy atom. The third kappa shape index (κ3) is 1.94. The van der Waals surface area contributed by atoms with Crippen LogP contribution in [0.3, 0.4) is 0 Å². The second kappa shape index (κ2) is 4.12. The van der Waals surface area contributed by atoms with Crippen LogP contribution in [0.15, 0.2) is 23.2 Å². The van der Waals surface area contributed by atoms with E-state index in [2.05, 4.69) is 9.98 Å². The second-order valence-electron chi connectivity index (χ2n) is 3.54. The van der Waals surface area contributed by atoms with E-state index in [1.165, 1.54) is 11.3 Å². The van der Waals surface area contributed by atoms with Crippen molar-refractivity contribution in [2.24, 2.45) is 4.99 Å². The molecule has 1 aromatic carbocycles. The number of aliphatic imine (C=N–C) groups is 1. The number of carboxylic acid groups (broad SMARTS) is 1. The van der Waals surface area contributed by atoms with E-state index < -0.39 is 5.97 Å². The van der Waals surface area contributed by atoms with Gasteiger partial charge < -0.3 is 5.11 Å². The highest BCUT2D eigenvalue weighted by Crippen LogP contribution is 2.28. The fourth-order valence-electron chi connectivity index (χ4n) is 1.61. The number of rotatable bonds is 2. The topological polar surface area (TPSA) is 62.5 Å². The van der Waals surface area contributed by atoms with Crippen molar-refractivity contribution in [3.8, 4) is 0 Å². The van der Waals surface area contributed by atoms with Gasteiger partial charge in [-0.15, -0.1) is 23.1 Å². The van der Waals surface area contributed by atoms with E-state index >= 15 is 0 Å². The van der Waals surface area contributed by atoms with E-state index in [-0.39, 0.29) is 0 Å². The zero-order valence-electron chi connectivity index (χ0n) is 8.71. The Balaban J connectivity index is 2.09. The average molecular weight is 264 g/mol. The van der Waals surface area contributed by atoms with Crippen molar-refractivity contribution in [1.82, 2.24) is 4.98 Å². The van der Waals surface area contributed by atoms with E-state index in [4.69, 9.17) is 5.11 Å². The molecule has 2 aromatic rings. The number of hydrogen-bond acceptors (Lipinski definition) is 5. The van der Waals surface area contributed by atoms with Crippen LogP contribution in [0.4, 0.5) is 0 Å². The van der Waals surface area contributed by atoms with Gasteiger partial charge in [-0.1, -0.05) is 0 Å². The molecular weight excluding hydrogens is 256 g/mol. The maximum Gasteiger partial charge on any atom is 0.335 e. The first-order valence-electron chi connectivity index (χ1n) is 5.05. The Morgan fingerprint density at radius 1 is 1.41 bits per heavy atom. The number of hydrogen-bond donors (Lipinski definition) is 1. The van der Waals surface area contributed by atoms with E-state index in [9.17, 15) is 4.79 Å². The Bertz CT molecular complexity index is 633. The lowest BCUT2D eigenvalue weighted by Crippen LogP contribution is -1.94. The molecule has 0 fully saturated rings. The number of thioether (sulfide) groups is 1. The Kier molecular flexibility index (Phi) is 2.60. The van der Waals surface area contributed by atoms with Gasteiger partial charge >= 0.3 is 5.97 Å². The summed E-state index contributed by atoms with van der Waals surface area (Å²) in [6.45, 7) is 0.844. The summed E-state index contributed by atoms with van der Waals surface area (Å²) in [6, 6.07) is 5.00. The van der Waals surface area contributed by atoms with Crippen molar-refractivity contribution in [2.45, 2.75) is 0 Å². The zero-order chi connectivity index (χ0) is 11.8. The number of nitrogens with zero attached hydrogens (tertiary/aromatic N) is 2. The maximum atomic E-state index is 10.9. The largest absolute Gasteiger partial charge is 0.478 e. The smallest absolute Gasteiger partial charge is 0.335 e. The predicted octanol–water partition coefficient (Wildman–Crippen LogP) is 2.49. The molecule has 1 N–H and O–H groups in total. The summed E-state index contributed by atoms with van der Waals surface area (Å²) >= 11 is 3.20. The first-order chi connectivity index (χ1) is 8.24. The van der Waals surface area contributed by atoms with Gasteiger partial charge in [-0.2, -0.15) is 0 Å². The molecule has 1 aliphatic rings. The van der Waals surface area contributed by atoms with Gasteiger partial charge in [0.15, 0.2) is 0 Å². The van der Waals surface area contributed by atoms with Gasteiger partial charge in [0.25, 0.3) is 0 Å². The van der Waals surface area contributed by atoms with E-state index in [1.54, 1.807) is 30.0 Å². The highest BCUT2D eigenvalue weighted by molar-refractivity contribution is 8.15. The van der Waals surface area contributed by atoms with Crippen LogP contribution in [0.25, 0.3) is 10.2 Å². The van der Waals surface area contributed by atoms with Crippen molar-refractivity contribution >= 4 is 44.3 Å². The molecule has 1 aromatic heterocycles. The predicted molar refractivity (Wildman–Crippen MR) is 70.4 cm³/mol. The summed E-state index contributed by atoms with van der Waals surface area (Å²) in [5.74, 6) is 0.0977. The van der Waals surface area contributed by atoms with Gasteiger partial charge in [0.1, 0.15) is 10.1 Å². The molecule has 4 nitrogen and oxygen atoms in total. The molecule has 0 atom stereocenters. The molecule has 0 amide bonds. The van der Waals surface area contributed by atoms with Crippen molar-refractivity contribution in [1.29, 1.82) is 0 Å². The molecule has 0 spiro atoms. The molecule has 17 heavy (non-hydrogen) atoms. The SMILES string of the molecule is O=C(O)c1ccc2nc(C3=NCCS3)sc2c1. The minimum Gasteiger partial charge on any atom is -0.478 e. The lowest BCUT2D eigenvalue weighted by atomic mass is 10.2. The third-order valence-corrected chi connectivity index (χ3v) is 4.54. The molecule has 2 heterocycles. The summed E-state index contributed by atoms with van der Waals surface area (Å²) in [4.78, 5) is 19.7. The van der Waals surface area contributed by atoms with Gasteiger partial charge in [-0.3, -0.25) is 4.99 Å². The highest BCUT2D eigenvalue weighted by Gasteiger charge is 2.15. The van der Waals surface area contributed by atoms with Gasteiger partial charge in [-0.25, -0.2) is 9.78 Å². The molecular formula is C11H8N2O2S2. The summed E-state index contributed by atoms with van der Waals surface area (Å²) in [7, 11) is 0. The summed E-state index contributed by atoms with van der Waals surface area (Å²) in [5, 5.41) is 10.8. The van der Waals surface area contributed by atoms with Crippen LogP contribution in [0.5, 0.6) is 0 Å². The van der Waals surface area contributed by atoms with Gasteiger partial charge in [-0.05, 0) is 18.2 Å². The summed E-state index contributed by atoms with van der Waals surface area (Å²) in [6.07, 6.45) is 0. The molecule has 0 bridgehead atoms. The lowest BCUT2D eigenvalue weighted by Gasteiger charge is -1.91. The molecule has 0 unspecified atom stereocenters. The van der Waals surface area contributed by atoms with E-state index in [1.807, 2.05) is 0 Å². The number of carbonyl (C=O) groups is 1. The van der Waals surface area contributed by atoms with Crippen LogP contribution in [0.2, 0.25) is 0 Å². The standard InChI is InChI=1S/C11H8N2O2S2/c14-11(15)6-1-2-7-8(5-6)17-10(13-7)9-12-3-4-16-9/h1-2,5H,3-4H2,(H,14,15). The molecule has 1 aliphatic heterocycles. The quantitative estimate of drug-likeness (QED) is 0.905. The molecule has 0 saturated heterocycles. The number of thiazole rings is 1. The van der Waals surface area contributed by atoms with Gasteiger partial charge in [0, 0.05) is 12.3 Å². The van der Waals surface area contributed by atoms with Crippen molar-refractivity contribution in [3.05, 3.63) is 28.8 Å². The first-order valence-corrected chi connectivity index (χ1v) is 6.86. The number of carboxylic acids is 1. The zero-order valence-corrected chi connectivity index (χ0v) is 10.3. The minimum absolute atomic E-state index is 0.300. The van der Waals surface area contributed by atoms with Gasteiger partial charge in [0.05, 0.1) is 15.8 Å². The van der Waals surface area contributed by atoms with E-state index in [0.29, 0.717) is 5.56 Å². The number of aromatic carboxylic acids is 1. The molecule has 3 rings (SSSR count). The van der Waals surface area contributed by atoms with Crippen LogP contribution >= 0.6 is 23.1 Å². The molecule has 0 saturated carbocycles. The normalized spacial score (nSPS) is 15.2. The van der Waals surface area contributed by atoms with Crippen molar-refractivity contribution in [2.75, 3.05) is 12.3 Å². The van der Waals surface area contributed by atoms with Crippen LogP contribution in [-0.4, -0.2) is 33.4 Å². The van der Waals surface area contributed by atoms with Crippen molar-refractivity contribution < 1.29 is 9.90 Å². The fraction of sp³-hybridized carbons (Fsp3) is 0.182. The Hall–Kier alpha value is -1.40. The average Bonchev–Trinajstić information content (AvgIpc) is 2.96. The van der Waals surface area contributed by atoms with E-state index in [0.717, 1.165) is 32.6 Å². The number of fused-ring (bicyclic) bond motifs is 1. The first kappa shape index (κ1) is 10.7. The Labute approximate surface area is 105 Å². The third-order valence-electron chi connectivity index (χ3n) is 2.40. The van der Waals surface area contributed by atoms with Crippen LogP contribution in [0, 0.1) is 0 Å². The van der Waals surface area contributed by atoms with Crippen molar-refractivity contribution in [3.63, 3.8) is 0 Å². The fourth-order valence-corrected chi connectivity index (χ4v) is 3.55. The molecule has 6 heteroatoms. The van der Waals surface area contributed by atoms with Crippen LogP contribution in [-0.2, 0) is 0 Å². The van der Waals surface area contributed by atoms with Crippen LogP contribution < -0.4 is 0 Å². The minimum atomic E-state index is -0.908. The van der Waals surface area contributed by atoms with Crippen LogP contribution in [0.1, 0.15) is 15.4 Å². The monoisotopic (exact) mass is 264 g/mol. The number of benzene rings is 1. The number of aromatic nitrogens is 1. The molecule has 0 aliphatic carbocycles. The Morgan fingerprint density at radius 3 is 3.00 bits per heavy atom. The molecule has 0 radical (unpaired) electrons. The summed E-state index contributed by atoms with van der Waals surface area (Å²) in [5.41, 5.74) is 1.14. The lowest BCUT2D eigenvalue weighted by molar-refractivity contribution is 0.0697. The maximum absolute atomic E-state index is 10.9. The highest BCUT2D eigenvalue weighted by atomic mass is 32.2. The summed E-state index contributed by atoms with van der Waals surface area (Å²) < 4.78 is 0.898. The van der Waals surface area contributed by atoms with Gasteiger partial charge in [0.2, 0.25) is 0 Å². The second-order valence-corrected chi connectivity index (χ2v) is 5.66.